The van der Waals surface area contributed by atoms with Gasteiger partial charge in [0.1, 0.15) is 5.82 Å². The van der Waals surface area contributed by atoms with E-state index in [0.717, 1.165) is 24.2 Å². The fourth-order valence-corrected chi connectivity index (χ4v) is 2.39. The molecule has 1 unspecified atom stereocenters. The summed E-state index contributed by atoms with van der Waals surface area (Å²) in [5.41, 5.74) is 1.23. The summed E-state index contributed by atoms with van der Waals surface area (Å²) >= 11 is 3.43. The average molecular weight is 284 g/mol. The summed E-state index contributed by atoms with van der Waals surface area (Å²) in [5, 5.41) is 0.876. The first-order chi connectivity index (χ1) is 7.70. The van der Waals surface area contributed by atoms with E-state index in [9.17, 15) is 0 Å². The molecule has 1 fully saturated rings. The van der Waals surface area contributed by atoms with Crippen LogP contribution in [0.4, 0.5) is 5.82 Å². The lowest BCUT2D eigenvalue weighted by molar-refractivity contribution is 0.315. The summed E-state index contributed by atoms with van der Waals surface area (Å²) in [7, 11) is 4.30. The molecular formula is C12H18BrN3. The molecule has 1 aliphatic heterocycles. The molecule has 0 N–H and O–H groups in total. The second-order valence-corrected chi connectivity index (χ2v) is 5.07. The Balaban J connectivity index is 2.03. The summed E-state index contributed by atoms with van der Waals surface area (Å²) < 4.78 is 0. The molecule has 0 saturated carbocycles. The Labute approximate surface area is 106 Å². The van der Waals surface area contributed by atoms with Crippen molar-refractivity contribution in [1.82, 2.24) is 9.88 Å². The van der Waals surface area contributed by atoms with Crippen LogP contribution >= 0.6 is 15.9 Å². The topological polar surface area (TPSA) is 19.4 Å². The summed E-state index contributed by atoms with van der Waals surface area (Å²) in [5.74, 6) is 1.11. The first-order valence-electron chi connectivity index (χ1n) is 5.63. The van der Waals surface area contributed by atoms with E-state index in [0.29, 0.717) is 6.04 Å². The second kappa shape index (κ2) is 5.15. The Morgan fingerprint density at radius 3 is 2.81 bits per heavy atom. The first kappa shape index (κ1) is 11.9. The molecule has 1 saturated heterocycles. The molecule has 2 rings (SSSR count). The molecule has 16 heavy (non-hydrogen) atoms. The Kier molecular flexibility index (Phi) is 3.82. The molecule has 88 valence electrons. The van der Waals surface area contributed by atoms with Crippen LogP contribution in [0.25, 0.3) is 0 Å². The van der Waals surface area contributed by atoms with Gasteiger partial charge in [0, 0.05) is 30.7 Å². The lowest BCUT2D eigenvalue weighted by Gasteiger charge is -2.21. The van der Waals surface area contributed by atoms with E-state index in [1.54, 1.807) is 0 Å². The molecule has 1 atom stereocenters. The largest absolute Gasteiger partial charge is 0.355 e. The van der Waals surface area contributed by atoms with Crippen LogP contribution in [0.5, 0.6) is 0 Å². The van der Waals surface area contributed by atoms with Crippen molar-refractivity contribution in [3.05, 3.63) is 23.9 Å². The van der Waals surface area contributed by atoms with Gasteiger partial charge in [0.05, 0.1) is 0 Å². The quantitative estimate of drug-likeness (QED) is 0.793. The molecule has 0 amide bonds. The molecule has 0 spiro atoms. The van der Waals surface area contributed by atoms with Crippen LogP contribution in [0.15, 0.2) is 18.3 Å². The van der Waals surface area contributed by atoms with Crippen LogP contribution in [0, 0.1) is 0 Å². The highest BCUT2D eigenvalue weighted by Crippen LogP contribution is 2.20. The average Bonchev–Trinajstić information content (AvgIpc) is 2.78. The first-order valence-corrected chi connectivity index (χ1v) is 6.75. The molecule has 0 radical (unpaired) electrons. The molecule has 1 aromatic rings. The summed E-state index contributed by atoms with van der Waals surface area (Å²) in [6.45, 7) is 2.21. The Hall–Kier alpha value is -0.610. The fraction of sp³-hybridized carbons (Fsp3) is 0.583. The predicted molar refractivity (Wildman–Crippen MR) is 71.2 cm³/mol. The number of halogens is 1. The maximum Gasteiger partial charge on any atom is 0.128 e. The number of alkyl halides is 1. The number of nitrogens with zero attached hydrogens (tertiary/aromatic N) is 3. The van der Waals surface area contributed by atoms with Crippen molar-refractivity contribution in [1.29, 1.82) is 0 Å². The highest BCUT2D eigenvalue weighted by Gasteiger charge is 2.24. The zero-order chi connectivity index (χ0) is 11.5. The lowest BCUT2D eigenvalue weighted by atomic mass is 10.2. The van der Waals surface area contributed by atoms with Crippen molar-refractivity contribution in [2.75, 3.05) is 32.1 Å². The van der Waals surface area contributed by atoms with Gasteiger partial charge in [-0.25, -0.2) is 4.98 Å². The highest BCUT2D eigenvalue weighted by atomic mass is 79.9. The van der Waals surface area contributed by atoms with Gasteiger partial charge in [-0.2, -0.15) is 0 Å². The van der Waals surface area contributed by atoms with Crippen LogP contribution in [-0.4, -0.2) is 43.1 Å². The van der Waals surface area contributed by atoms with E-state index in [1.165, 1.54) is 12.0 Å². The zero-order valence-corrected chi connectivity index (χ0v) is 11.4. The molecular weight excluding hydrogens is 266 g/mol. The molecule has 2 heterocycles. The van der Waals surface area contributed by atoms with Gasteiger partial charge < -0.3 is 9.80 Å². The van der Waals surface area contributed by atoms with E-state index in [-0.39, 0.29) is 0 Å². The number of hydrogen-bond donors (Lipinski definition) is 0. The fourth-order valence-electron chi connectivity index (χ4n) is 2.05. The Morgan fingerprint density at radius 2 is 2.31 bits per heavy atom. The van der Waals surface area contributed by atoms with Crippen LogP contribution in [0.2, 0.25) is 0 Å². The molecule has 4 heteroatoms. The SMILES string of the molecule is CN(C)C1CCN(c2ccc(CBr)cn2)C1. The van der Waals surface area contributed by atoms with Crippen LogP contribution < -0.4 is 4.90 Å². The van der Waals surface area contributed by atoms with Gasteiger partial charge in [-0.05, 0) is 32.1 Å². The van der Waals surface area contributed by atoms with Crippen molar-refractivity contribution in [2.24, 2.45) is 0 Å². The third-order valence-electron chi connectivity index (χ3n) is 3.18. The highest BCUT2D eigenvalue weighted by molar-refractivity contribution is 9.08. The Bertz CT molecular complexity index is 337. The van der Waals surface area contributed by atoms with Gasteiger partial charge >= 0.3 is 0 Å². The van der Waals surface area contributed by atoms with Gasteiger partial charge in [-0.1, -0.05) is 22.0 Å². The predicted octanol–water partition coefficient (Wildman–Crippen LogP) is 2.12. The minimum atomic E-state index is 0.664. The summed E-state index contributed by atoms with van der Waals surface area (Å²) in [6, 6.07) is 4.92. The molecule has 0 aliphatic carbocycles. The number of rotatable bonds is 3. The molecule has 1 aromatic heterocycles. The molecule has 3 nitrogen and oxygen atoms in total. The monoisotopic (exact) mass is 283 g/mol. The standard InChI is InChI=1S/C12H18BrN3/c1-15(2)11-5-6-16(9-11)12-4-3-10(7-13)8-14-12/h3-4,8,11H,5-7,9H2,1-2H3. The van der Waals surface area contributed by atoms with Crippen LogP contribution in [-0.2, 0) is 5.33 Å². The summed E-state index contributed by atoms with van der Waals surface area (Å²) in [4.78, 5) is 9.16. The van der Waals surface area contributed by atoms with E-state index in [1.807, 2.05) is 6.20 Å². The normalized spacial score (nSPS) is 20.8. The van der Waals surface area contributed by atoms with Crippen molar-refractivity contribution in [2.45, 2.75) is 17.8 Å². The minimum Gasteiger partial charge on any atom is -0.355 e. The van der Waals surface area contributed by atoms with Crippen LogP contribution in [0.3, 0.4) is 0 Å². The third-order valence-corrected chi connectivity index (χ3v) is 3.83. The maximum absolute atomic E-state index is 4.50. The van der Waals surface area contributed by atoms with E-state index in [4.69, 9.17) is 0 Å². The Morgan fingerprint density at radius 1 is 1.50 bits per heavy atom. The lowest BCUT2D eigenvalue weighted by Crippen LogP contribution is -2.31. The van der Waals surface area contributed by atoms with Gasteiger partial charge in [0.25, 0.3) is 0 Å². The molecule has 0 aromatic carbocycles. The van der Waals surface area contributed by atoms with Gasteiger partial charge in [-0.3, -0.25) is 0 Å². The molecule has 0 bridgehead atoms. The summed E-state index contributed by atoms with van der Waals surface area (Å²) in [6.07, 6.45) is 3.18. The number of likely N-dealkylation sites (N-methyl/N-ethyl adjacent to an activating group) is 1. The van der Waals surface area contributed by atoms with Crippen molar-refractivity contribution >= 4 is 21.7 Å². The van der Waals surface area contributed by atoms with Gasteiger partial charge in [-0.15, -0.1) is 0 Å². The number of pyridine rings is 1. The smallest absolute Gasteiger partial charge is 0.128 e. The van der Waals surface area contributed by atoms with E-state index >= 15 is 0 Å². The van der Waals surface area contributed by atoms with Gasteiger partial charge in [0.15, 0.2) is 0 Å². The van der Waals surface area contributed by atoms with Gasteiger partial charge in [0.2, 0.25) is 0 Å². The molecule has 1 aliphatic rings. The van der Waals surface area contributed by atoms with Crippen molar-refractivity contribution in [3.8, 4) is 0 Å². The number of aromatic nitrogens is 1. The third kappa shape index (κ3) is 2.55. The number of hydrogen-bond acceptors (Lipinski definition) is 3. The van der Waals surface area contributed by atoms with Crippen molar-refractivity contribution < 1.29 is 0 Å². The van der Waals surface area contributed by atoms with Crippen LogP contribution in [0.1, 0.15) is 12.0 Å². The minimum absolute atomic E-state index is 0.664. The van der Waals surface area contributed by atoms with E-state index < -0.39 is 0 Å². The number of anilines is 1. The van der Waals surface area contributed by atoms with Crippen molar-refractivity contribution in [3.63, 3.8) is 0 Å². The zero-order valence-electron chi connectivity index (χ0n) is 9.86. The van der Waals surface area contributed by atoms with E-state index in [2.05, 4.69) is 56.9 Å². The maximum atomic E-state index is 4.50. The second-order valence-electron chi connectivity index (χ2n) is 4.51.